The Morgan fingerprint density at radius 1 is 1.24 bits per heavy atom. The van der Waals surface area contributed by atoms with E-state index >= 15 is 0 Å². The molecule has 0 fully saturated rings. The first-order valence-corrected chi connectivity index (χ1v) is 5.89. The van der Waals surface area contributed by atoms with Gasteiger partial charge in [0.25, 0.3) is 0 Å². The average Bonchev–Trinajstić information content (AvgIpc) is 2.39. The third-order valence-electron chi connectivity index (χ3n) is 3.01. The van der Waals surface area contributed by atoms with Crippen LogP contribution >= 0.6 is 0 Å². The number of amides is 2. The van der Waals surface area contributed by atoms with Crippen molar-refractivity contribution in [1.29, 1.82) is 0 Å². The largest absolute Gasteiger partial charge is 0.331 e. The highest BCUT2D eigenvalue weighted by atomic mass is 16.2. The molecule has 0 N–H and O–H groups in total. The maximum atomic E-state index is 11.8. The van der Waals surface area contributed by atoms with Gasteiger partial charge in [-0.25, -0.2) is 4.79 Å². The molecule has 0 aliphatic carbocycles. The van der Waals surface area contributed by atoms with Crippen molar-refractivity contribution in [2.45, 2.75) is 6.42 Å². The highest BCUT2D eigenvalue weighted by molar-refractivity contribution is 5.76. The molecular formula is C14H18N2O. The van der Waals surface area contributed by atoms with Gasteiger partial charge in [-0.1, -0.05) is 36.4 Å². The second kappa shape index (κ2) is 5.04. The van der Waals surface area contributed by atoms with Crippen molar-refractivity contribution in [2.75, 3.05) is 27.2 Å². The molecule has 0 bridgehead atoms. The number of hydrogen-bond acceptors (Lipinski definition) is 1. The quantitative estimate of drug-likeness (QED) is 0.727. The molecule has 3 nitrogen and oxygen atoms in total. The van der Waals surface area contributed by atoms with Crippen molar-refractivity contribution in [2.24, 2.45) is 0 Å². The predicted octanol–water partition coefficient (Wildman–Crippen LogP) is 2.46. The highest BCUT2D eigenvalue weighted by Crippen LogP contribution is 2.22. The van der Waals surface area contributed by atoms with E-state index in [2.05, 4.69) is 18.2 Å². The number of rotatable bonds is 1. The Balaban J connectivity index is 2.06. The minimum atomic E-state index is 0.0911. The number of urea groups is 1. The Kier molecular flexibility index (Phi) is 3.47. The number of hydrogen-bond donors (Lipinski definition) is 0. The van der Waals surface area contributed by atoms with E-state index in [1.54, 1.807) is 19.0 Å². The molecule has 1 aromatic carbocycles. The van der Waals surface area contributed by atoms with Crippen LogP contribution in [0.3, 0.4) is 0 Å². The van der Waals surface area contributed by atoms with Gasteiger partial charge in [-0.3, -0.25) is 0 Å². The zero-order valence-electron chi connectivity index (χ0n) is 10.4. The van der Waals surface area contributed by atoms with Crippen LogP contribution in [0.4, 0.5) is 4.79 Å². The fourth-order valence-electron chi connectivity index (χ4n) is 2.04. The zero-order chi connectivity index (χ0) is 12.3. The summed E-state index contributed by atoms with van der Waals surface area (Å²) in [6.07, 6.45) is 3.09. The van der Waals surface area contributed by atoms with Crippen molar-refractivity contribution in [3.8, 4) is 0 Å². The SMILES string of the molecule is CN(C)C(=O)N1CC=C(c2ccccc2)CC1. The molecule has 0 radical (unpaired) electrons. The van der Waals surface area contributed by atoms with Gasteiger partial charge < -0.3 is 9.80 Å². The maximum absolute atomic E-state index is 11.8. The van der Waals surface area contributed by atoms with E-state index in [4.69, 9.17) is 0 Å². The summed E-state index contributed by atoms with van der Waals surface area (Å²) in [6, 6.07) is 10.5. The van der Waals surface area contributed by atoms with Crippen LogP contribution in [-0.2, 0) is 0 Å². The number of nitrogens with zero attached hydrogens (tertiary/aromatic N) is 2. The van der Waals surface area contributed by atoms with Crippen LogP contribution in [0.25, 0.3) is 5.57 Å². The first kappa shape index (κ1) is 11.7. The van der Waals surface area contributed by atoms with Crippen LogP contribution < -0.4 is 0 Å². The van der Waals surface area contributed by atoms with Crippen LogP contribution in [-0.4, -0.2) is 43.0 Å². The molecule has 0 aromatic heterocycles. The van der Waals surface area contributed by atoms with E-state index < -0.39 is 0 Å². The van der Waals surface area contributed by atoms with Gasteiger partial charge in [0.1, 0.15) is 0 Å². The van der Waals surface area contributed by atoms with E-state index in [1.807, 2.05) is 23.1 Å². The van der Waals surface area contributed by atoms with E-state index in [-0.39, 0.29) is 6.03 Å². The molecule has 0 saturated heterocycles. The fourth-order valence-corrected chi connectivity index (χ4v) is 2.04. The minimum absolute atomic E-state index is 0.0911. The molecule has 1 aliphatic heterocycles. The van der Waals surface area contributed by atoms with Crippen molar-refractivity contribution in [1.82, 2.24) is 9.80 Å². The lowest BCUT2D eigenvalue weighted by Crippen LogP contribution is -2.41. The second-order valence-corrected chi connectivity index (χ2v) is 4.47. The molecule has 17 heavy (non-hydrogen) atoms. The Morgan fingerprint density at radius 3 is 2.47 bits per heavy atom. The van der Waals surface area contributed by atoms with E-state index in [9.17, 15) is 4.79 Å². The summed E-state index contributed by atoms with van der Waals surface area (Å²) in [5.74, 6) is 0. The third-order valence-corrected chi connectivity index (χ3v) is 3.01. The fraction of sp³-hybridized carbons (Fsp3) is 0.357. The molecule has 2 amide bonds. The topological polar surface area (TPSA) is 23.6 Å². The Hall–Kier alpha value is -1.77. The summed E-state index contributed by atoms with van der Waals surface area (Å²) in [4.78, 5) is 15.3. The van der Waals surface area contributed by atoms with Crippen LogP contribution in [0.5, 0.6) is 0 Å². The summed E-state index contributed by atoms with van der Waals surface area (Å²) < 4.78 is 0. The van der Waals surface area contributed by atoms with Crippen LogP contribution in [0.15, 0.2) is 36.4 Å². The van der Waals surface area contributed by atoms with Gasteiger partial charge in [-0.05, 0) is 17.6 Å². The second-order valence-electron chi connectivity index (χ2n) is 4.47. The molecule has 2 rings (SSSR count). The van der Waals surface area contributed by atoms with Gasteiger partial charge in [0.15, 0.2) is 0 Å². The van der Waals surface area contributed by atoms with Crippen molar-refractivity contribution < 1.29 is 4.79 Å². The van der Waals surface area contributed by atoms with Crippen LogP contribution in [0.1, 0.15) is 12.0 Å². The summed E-state index contributed by atoms with van der Waals surface area (Å²) in [6.45, 7) is 1.51. The summed E-state index contributed by atoms with van der Waals surface area (Å²) in [7, 11) is 3.58. The first-order chi connectivity index (χ1) is 8.18. The smallest absolute Gasteiger partial charge is 0.319 e. The Morgan fingerprint density at radius 2 is 1.94 bits per heavy atom. The first-order valence-electron chi connectivity index (χ1n) is 5.89. The lowest BCUT2D eigenvalue weighted by Gasteiger charge is -2.29. The molecule has 1 heterocycles. The van der Waals surface area contributed by atoms with Gasteiger partial charge >= 0.3 is 6.03 Å². The molecule has 0 spiro atoms. The van der Waals surface area contributed by atoms with Crippen LogP contribution in [0.2, 0.25) is 0 Å². The summed E-state index contributed by atoms with van der Waals surface area (Å²) in [5.41, 5.74) is 2.61. The molecule has 3 heteroatoms. The van der Waals surface area contributed by atoms with E-state index in [0.717, 1.165) is 13.0 Å². The van der Waals surface area contributed by atoms with Crippen molar-refractivity contribution in [3.05, 3.63) is 42.0 Å². The van der Waals surface area contributed by atoms with Gasteiger partial charge in [0.2, 0.25) is 0 Å². The highest BCUT2D eigenvalue weighted by Gasteiger charge is 2.18. The molecule has 0 saturated carbocycles. The molecule has 0 unspecified atom stereocenters. The predicted molar refractivity (Wildman–Crippen MR) is 69.7 cm³/mol. The van der Waals surface area contributed by atoms with Gasteiger partial charge in [0.05, 0.1) is 0 Å². The third kappa shape index (κ3) is 2.67. The number of benzene rings is 1. The molecular weight excluding hydrogens is 212 g/mol. The lowest BCUT2D eigenvalue weighted by atomic mass is 10.00. The van der Waals surface area contributed by atoms with Gasteiger partial charge in [-0.15, -0.1) is 0 Å². The minimum Gasteiger partial charge on any atom is -0.331 e. The van der Waals surface area contributed by atoms with E-state index in [0.29, 0.717) is 6.54 Å². The average molecular weight is 230 g/mol. The zero-order valence-corrected chi connectivity index (χ0v) is 10.4. The van der Waals surface area contributed by atoms with Crippen molar-refractivity contribution >= 4 is 11.6 Å². The normalized spacial score (nSPS) is 15.4. The molecule has 0 atom stereocenters. The Bertz CT molecular complexity index is 423. The Labute approximate surface area is 102 Å². The maximum Gasteiger partial charge on any atom is 0.319 e. The standard InChI is InChI=1S/C14H18N2O/c1-15(2)14(17)16-10-8-13(9-11-16)12-6-4-3-5-7-12/h3-8H,9-11H2,1-2H3. The number of carbonyl (C=O) groups excluding carboxylic acids is 1. The molecule has 90 valence electrons. The molecule has 1 aliphatic rings. The van der Waals surface area contributed by atoms with Crippen molar-refractivity contribution in [3.63, 3.8) is 0 Å². The monoisotopic (exact) mass is 230 g/mol. The summed E-state index contributed by atoms with van der Waals surface area (Å²) in [5, 5.41) is 0. The lowest BCUT2D eigenvalue weighted by molar-refractivity contribution is 0.176. The molecule has 1 aromatic rings. The van der Waals surface area contributed by atoms with E-state index in [1.165, 1.54) is 11.1 Å². The van der Waals surface area contributed by atoms with Gasteiger partial charge in [-0.2, -0.15) is 0 Å². The number of carbonyl (C=O) groups is 1. The summed E-state index contributed by atoms with van der Waals surface area (Å²) >= 11 is 0. The van der Waals surface area contributed by atoms with Gasteiger partial charge in [0, 0.05) is 27.2 Å². The van der Waals surface area contributed by atoms with Crippen LogP contribution in [0, 0.1) is 0 Å².